The molecule has 5 rings (SSSR count). The number of carboxylic acid groups (broad SMARTS) is 1. The minimum absolute atomic E-state index is 0.223. The molecule has 146 valence electrons. The first-order valence-corrected chi connectivity index (χ1v) is 9.92. The predicted molar refractivity (Wildman–Crippen MR) is 112 cm³/mol. The highest BCUT2D eigenvalue weighted by Gasteiger charge is 2.20. The SMILES string of the molecule is O=C(O)c1ccc2nc(-c3ccc4[nH]ncc4c3)c(N3CCCCCC3)nc2c1. The molecule has 1 saturated heterocycles. The molecule has 0 bridgehead atoms. The molecule has 0 aliphatic carbocycles. The molecule has 7 heteroatoms. The number of aromatic carboxylic acids is 1. The molecule has 1 aliphatic heterocycles. The van der Waals surface area contributed by atoms with E-state index in [1.54, 1.807) is 24.4 Å². The molecule has 2 aromatic heterocycles. The Hall–Kier alpha value is -3.48. The standard InChI is InChI=1S/C22H21N5O2/c28-22(29)15-6-8-18-19(12-15)25-21(27-9-3-1-2-4-10-27)20(24-18)14-5-7-17-16(11-14)13-23-26-17/h5-8,11-13H,1-4,9-10H2,(H,23,26)(H,28,29). The van der Waals surface area contributed by atoms with Gasteiger partial charge in [0.2, 0.25) is 0 Å². The molecular formula is C22H21N5O2. The van der Waals surface area contributed by atoms with Gasteiger partial charge in [0.25, 0.3) is 0 Å². The number of carbonyl (C=O) groups is 1. The van der Waals surface area contributed by atoms with Gasteiger partial charge in [-0.3, -0.25) is 5.10 Å². The Bertz CT molecular complexity index is 1210. The van der Waals surface area contributed by atoms with Gasteiger partial charge in [-0.2, -0.15) is 5.10 Å². The fraction of sp³-hybridized carbons (Fsp3) is 0.273. The molecule has 0 atom stereocenters. The summed E-state index contributed by atoms with van der Waals surface area (Å²) in [5.41, 5.74) is 4.31. The second-order valence-electron chi connectivity index (χ2n) is 7.48. The van der Waals surface area contributed by atoms with Crippen LogP contribution in [0.25, 0.3) is 33.2 Å². The third-order valence-electron chi connectivity index (χ3n) is 5.51. The van der Waals surface area contributed by atoms with E-state index < -0.39 is 5.97 Å². The van der Waals surface area contributed by atoms with E-state index in [0.717, 1.165) is 53.9 Å². The van der Waals surface area contributed by atoms with E-state index in [1.807, 2.05) is 12.1 Å². The number of fused-ring (bicyclic) bond motifs is 2. The van der Waals surface area contributed by atoms with Gasteiger partial charge < -0.3 is 10.0 Å². The second-order valence-corrected chi connectivity index (χ2v) is 7.48. The number of benzene rings is 2. The molecule has 2 aromatic carbocycles. The van der Waals surface area contributed by atoms with Crippen molar-refractivity contribution in [3.63, 3.8) is 0 Å². The molecular weight excluding hydrogens is 366 g/mol. The summed E-state index contributed by atoms with van der Waals surface area (Å²) in [4.78, 5) is 23.5. The van der Waals surface area contributed by atoms with Gasteiger partial charge in [0.05, 0.1) is 28.3 Å². The van der Waals surface area contributed by atoms with E-state index in [-0.39, 0.29) is 5.56 Å². The number of aromatic amines is 1. The molecule has 4 aromatic rings. The van der Waals surface area contributed by atoms with Gasteiger partial charge in [-0.1, -0.05) is 18.9 Å². The fourth-order valence-corrected chi connectivity index (χ4v) is 3.96. The van der Waals surface area contributed by atoms with Crippen LogP contribution in [0.1, 0.15) is 36.0 Å². The predicted octanol–water partition coefficient (Wildman–Crippen LogP) is 4.25. The fourth-order valence-electron chi connectivity index (χ4n) is 3.96. The molecule has 0 amide bonds. The monoisotopic (exact) mass is 387 g/mol. The number of H-pyrrole nitrogens is 1. The Morgan fingerprint density at radius 3 is 2.59 bits per heavy atom. The second kappa shape index (κ2) is 7.16. The van der Waals surface area contributed by atoms with Crippen molar-refractivity contribution >= 4 is 33.7 Å². The third-order valence-corrected chi connectivity index (χ3v) is 5.51. The van der Waals surface area contributed by atoms with Gasteiger partial charge in [0, 0.05) is 24.0 Å². The summed E-state index contributed by atoms with van der Waals surface area (Å²) in [6, 6.07) is 11.0. The zero-order valence-electron chi connectivity index (χ0n) is 15.9. The van der Waals surface area contributed by atoms with Crippen LogP contribution in [-0.2, 0) is 0 Å². The van der Waals surface area contributed by atoms with Crippen molar-refractivity contribution in [3.8, 4) is 11.3 Å². The highest BCUT2D eigenvalue weighted by Crippen LogP contribution is 2.32. The summed E-state index contributed by atoms with van der Waals surface area (Å²) >= 11 is 0. The minimum Gasteiger partial charge on any atom is -0.478 e. The summed E-state index contributed by atoms with van der Waals surface area (Å²) in [7, 11) is 0. The maximum absolute atomic E-state index is 11.4. The van der Waals surface area contributed by atoms with Crippen molar-refractivity contribution in [1.82, 2.24) is 20.2 Å². The van der Waals surface area contributed by atoms with Crippen LogP contribution >= 0.6 is 0 Å². The van der Waals surface area contributed by atoms with Crippen LogP contribution in [0.15, 0.2) is 42.6 Å². The summed E-state index contributed by atoms with van der Waals surface area (Å²) in [6.45, 7) is 1.86. The van der Waals surface area contributed by atoms with Crippen molar-refractivity contribution in [2.45, 2.75) is 25.7 Å². The minimum atomic E-state index is -0.959. The molecule has 29 heavy (non-hydrogen) atoms. The summed E-state index contributed by atoms with van der Waals surface area (Å²) < 4.78 is 0. The number of nitrogens with one attached hydrogen (secondary N) is 1. The Balaban J connectivity index is 1.71. The number of hydrogen-bond donors (Lipinski definition) is 2. The maximum atomic E-state index is 11.4. The van der Waals surface area contributed by atoms with E-state index in [9.17, 15) is 9.90 Å². The normalized spacial score (nSPS) is 15.0. The molecule has 1 aliphatic rings. The number of rotatable bonds is 3. The van der Waals surface area contributed by atoms with Gasteiger partial charge in [0.1, 0.15) is 5.69 Å². The van der Waals surface area contributed by atoms with Gasteiger partial charge in [-0.25, -0.2) is 14.8 Å². The summed E-state index contributed by atoms with van der Waals surface area (Å²) in [5.74, 6) is -0.135. The van der Waals surface area contributed by atoms with Crippen molar-refractivity contribution < 1.29 is 9.90 Å². The summed E-state index contributed by atoms with van der Waals surface area (Å²) in [6.07, 6.45) is 6.48. The Morgan fingerprint density at radius 2 is 1.79 bits per heavy atom. The lowest BCUT2D eigenvalue weighted by molar-refractivity contribution is 0.0697. The zero-order valence-corrected chi connectivity index (χ0v) is 15.9. The Labute approximate surface area is 167 Å². The Morgan fingerprint density at radius 1 is 0.966 bits per heavy atom. The first-order valence-electron chi connectivity index (χ1n) is 9.92. The molecule has 2 N–H and O–H groups in total. The van der Waals surface area contributed by atoms with E-state index in [4.69, 9.17) is 9.97 Å². The van der Waals surface area contributed by atoms with Crippen LogP contribution in [0.4, 0.5) is 5.82 Å². The summed E-state index contributed by atoms with van der Waals surface area (Å²) in [5, 5.41) is 17.5. The highest BCUT2D eigenvalue weighted by atomic mass is 16.4. The quantitative estimate of drug-likeness (QED) is 0.546. The van der Waals surface area contributed by atoms with Crippen LogP contribution in [0.2, 0.25) is 0 Å². The molecule has 3 heterocycles. The van der Waals surface area contributed by atoms with Gasteiger partial charge in [-0.05, 0) is 43.2 Å². The van der Waals surface area contributed by atoms with Gasteiger partial charge >= 0.3 is 5.97 Å². The highest BCUT2D eigenvalue weighted by molar-refractivity contribution is 5.94. The molecule has 0 unspecified atom stereocenters. The van der Waals surface area contributed by atoms with Crippen molar-refractivity contribution in [2.24, 2.45) is 0 Å². The number of hydrogen-bond acceptors (Lipinski definition) is 5. The molecule has 7 nitrogen and oxygen atoms in total. The van der Waals surface area contributed by atoms with Crippen LogP contribution in [0.5, 0.6) is 0 Å². The lowest BCUT2D eigenvalue weighted by atomic mass is 10.1. The molecule has 0 saturated carbocycles. The first kappa shape index (κ1) is 17.6. The zero-order chi connectivity index (χ0) is 19.8. The van der Waals surface area contributed by atoms with E-state index in [2.05, 4.69) is 21.2 Å². The molecule has 0 radical (unpaired) electrons. The van der Waals surface area contributed by atoms with Crippen LogP contribution in [0.3, 0.4) is 0 Å². The van der Waals surface area contributed by atoms with Crippen molar-refractivity contribution in [1.29, 1.82) is 0 Å². The van der Waals surface area contributed by atoms with Crippen LogP contribution in [-0.4, -0.2) is 44.3 Å². The average molecular weight is 387 g/mol. The number of carboxylic acids is 1. The van der Waals surface area contributed by atoms with Gasteiger partial charge in [0.15, 0.2) is 5.82 Å². The average Bonchev–Trinajstić information content (AvgIpc) is 3.04. The Kier molecular flexibility index (Phi) is 4.35. The largest absolute Gasteiger partial charge is 0.478 e. The number of nitrogens with zero attached hydrogens (tertiary/aromatic N) is 4. The van der Waals surface area contributed by atoms with Gasteiger partial charge in [-0.15, -0.1) is 0 Å². The molecule has 1 fully saturated rings. The van der Waals surface area contributed by atoms with Crippen LogP contribution < -0.4 is 4.90 Å². The van der Waals surface area contributed by atoms with Crippen molar-refractivity contribution in [2.75, 3.05) is 18.0 Å². The van der Waals surface area contributed by atoms with Crippen molar-refractivity contribution in [3.05, 3.63) is 48.2 Å². The molecule has 0 spiro atoms. The lowest BCUT2D eigenvalue weighted by Crippen LogP contribution is -2.26. The topological polar surface area (TPSA) is 95.0 Å². The maximum Gasteiger partial charge on any atom is 0.335 e. The van der Waals surface area contributed by atoms with Crippen LogP contribution in [0, 0.1) is 0 Å². The first-order chi connectivity index (χ1) is 14.2. The van der Waals surface area contributed by atoms with E-state index in [1.165, 1.54) is 12.8 Å². The van der Waals surface area contributed by atoms with E-state index >= 15 is 0 Å². The third kappa shape index (κ3) is 3.29. The smallest absolute Gasteiger partial charge is 0.335 e. The number of anilines is 1. The number of aromatic nitrogens is 4. The van der Waals surface area contributed by atoms with E-state index in [0.29, 0.717) is 11.0 Å². The lowest BCUT2D eigenvalue weighted by Gasteiger charge is -2.24.